The van der Waals surface area contributed by atoms with Gasteiger partial charge in [-0.2, -0.15) is 0 Å². The summed E-state index contributed by atoms with van der Waals surface area (Å²) in [6.45, 7) is 7.20. The van der Waals surface area contributed by atoms with Crippen molar-refractivity contribution in [2.75, 3.05) is 32.9 Å². The van der Waals surface area contributed by atoms with Crippen molar-refractivity contribution in [3.63, 3.8) is 0 Å². The zero-order valence-electron chi connectivity index (χ0n) is 20.6. The number of carbonyl (C=O) groups excluding carboxylic acids is 2. The largest absolute Gasteiger partial charge is 0.494 e. The Labute approximate surface area is 202 Å². The molecule has 1 N–H and O–H groups in total. The van der Waals surface area contributed by atoms with E-state index < -0.39 is 17.8 Å². The molecule has 0 bridgehead atoms. The van der Waals surface area contributed by atoms with Gasteiger partial charge in [0.05, 0.1) is 25.8 Å². The minimum absolute atomic E-state index is 0.00325. The zero-order valence-corrected chi connectivity index (χ0v) is 20.6. The fourth-order valence-electron chi connectivity index (χ4n) is 4.74. The van der Waals surface area contributed by atoms with E-state index in [2.05, 4.69) is 12.1 Å². The van der Waals surface area contributed by atoms with Gasteiger partial charge in [-0.25, -0.2) is 4.79 Å². The molecule has 34 heavy (non-hydrogen) atoms. The van der Waals surface area contributed by atoms with Crippen LogP contribution in [0.5, 0.6) is 5.75 Å². The zero-order chi connectivity index (χ0) is 24.3. The topological polar surface area (TPSA) is 88.5 Å². The summed E-state index contributed by atoms with van der Waals surface area (Å²) in [4.78, 5) is 29.9. The summed E-state index contributed by atoms with van der Waals surface area (Å²) in [5, 5.41) is 8.97. The third-order valence-electron chi connectivity index (χ3n) is 6.51. The fraction of sp³-hybridized carbons (Fsp3) is 0.692. The first kappa shape index (κ1) is 24.8. The second-order valence-electron chi connectivity index (χ2n) is 10.5. The number of morpholine rings is 1. The van der Waals surface area contributed by atoms with Crippen molar-refractivity contribution in [1.82, 2.24) is 9.80 Å². The van der Waals surface area contributed by atoms with E-state index in [4.69, 9.17) is 19.3 Å². The number of benzene rings is 1. The highest BCUT2D eigenvalue weighted by Crippen LogP contribution is 2.43. The van der Waals surface area contributed by atoms with E-state index in [1.807, 2.05) is 31.7 Å². The number of aliphatic hydroxyl groups excluding tert-OH is 1. The standard InChI is InChI=1S/C26H38N2O6/c1-26(2,3)34-25(31)27-12-15-33-23(17-27)24(30)28(19-8-9-19)22-11-7-18-6-10-20(16-21(18)22)32-14-5-4-13-29/h6,10,16,19,22-23,29H,4-5,7-9,11-15,17H2,1-3H3/t22-,23-/m1/s1. The Bertz CT molecular complexity index is 879. The van der Waals surface area contributed by atoms with Crippen molar-refractivity contribution in [2.24, 2.45) is 0 Å². The van der Waals surface area contributed by atoms with Gasteiger partial charge in [0.2, 0.25) is 0 Å². The van der Waals surface area contributed by atoms with Gasteiger partial charge in [-0.3, -0.25) is 4.79 Å². The van der Waals surface area contributed by atoms with Crippen molar-refractivity contribution in [2.45, 2.75) is 83.1 Å². The van der Waals surface area contributed by atoms with Gasteiger partial charge < -0.3 is 29.1 Å². The minimum Gasteiger partial charge on any atom is -0.494 e. The van der Waals surface area contributed by atoms with Crippen LogP contribution in [-0.4, -0.2) is 77.6 Å². The Morgan fingerprint density at radius 2 is 2.00 bits per heavy atom. The highest BCUT2D eigenvalue weighted by molar-refractivity contribution is 5.83. The van der Waals surface area contributed by atoms with Crippen molar-refractivity contribution >= 4 is 12.0 Å². The van der Waals surface area contributed by atoms with Crippen molar-refractivity contribution < 1.29 is 28.9 Å². The average molecular weight is 475 g/mol. The molecule has 188 valence electrons. The van der Waals surface area contributed by atoms with Gasteiger partial charge in [0.1, 0.15) is 11.4 Å². The third-order valence-corrected chi connectivity index (χ3v) is 6.51. The predicted octanol–water partition coefficient (Wildman–Crippen LogP) is 3.45. The van der Waals surface area contributed by atoms with Gasteiger partial charge in [0, 0.05) is 19.2 Å². The molecule has 1 heterocycles. The molecule has 2 aliphatic carbocycles. The molecule has 2 atom stereocenters. The van der Waals surface area contributed by atoms with Crippen molar-refractivity contribution in [3.05, 3.63) is 29.3 Å². The van der Waals surface area contributed by atoms with Crippen LogP contribution in [0.2, 0.25) is 0 Å². The Balaban J connectivity index is 1.46. The van der Waals surface area contributed by atoms with Crippen LogP contribution in [0, 0.1) is 0 Å². The number of aryl methyl sites for hydroxylation is 1. The van der Waals surface area contributed by atoms with Crippen LogP contribution >= 0.6 is 0 Å². The van der Waals surface area contributed by atoms with Crippen LogP contribution in [0.25, 0.3) is 0 Å². The van der Waals surface area contributed by atoms with E-state index in [1.165, 1.54) is 5.56 Å². The van der Waals surface area contributed by atoms with Gasteiger partial charge in [-0.15, -0.1) is 0 Å². The molecule has 0 unspecified atom stereocenters. The van der Waals surface area contributed by atoms with Crippen molar-refractivity contribution in [1.29, 1.82) is 0 Å². The molecule has 1 aromatic rings. The van der Waals surface area contributed by atoms with Crippen LogP contribution in [-0.2, 0) is 20.7 Å². The summed E-state index contributed by atoms with van der Waals surface area (Å²) in [7, 11) is 0. The fourth-order valence-corrected chi connectivity index (χ4v) is 4.74. The highest BCUT2D eigenvalue weighted by Gasteiger charge is 2.44. The predicted molar refractivity (Wildman–Crippen MR) is 127 cm³/mol. The molecule has 3 aliphatic rings. The number of aliphatic hydroxyl groups is 1. The molecular weight excluding hydrogens is 436 g/mol. The number of fused-ring (bicyclic) bond motifs is 1. The molecule has 2 amide bonds. The number of nitrogens with zero attached hydrogens (tertiary/aromatic N) is 2. The van der Waals surface area contributed by atoms with E-state index in [-0.39, 0.29) is 31.1 Å². The van der Waals surface area contributed by atoms with Gasteiger partial charge in [-0.05, 0) is 82.6 Å². The molecule has 0 aromatic heterocycles. The van der Waals surface area contributed by atoms with Gasteiger partial charge >= 0.3 is 6.09 Å². The number of amides is 2. The van der Waals surface area contributed by atoms with Gasteiger partial charge in [0.15, 0.2) is 6.10 Å². The van der Waals surface area contributed by atoms with Crippen molar-refractivity contribution in [3.8, 4) is 5.75 Å². The molecule has 0 radical (unpaired) electrons. The Morgan fingerprint density at radius 3 is 2.71 bits per heavy atom. The first-order valence-electron chi connectivity index (χ1n) is 12.5. The molecule has 4 rings (SSSR count). The Kier molecular flexibility index (Phi) is 7.67. The lowest BCUT2D eigenvalue weighted by atomic mass is 10.0. The molecule has 8 heteroatoms. The normalized spacial score (nSPS) is 22.3. The maximum Gasteiger partial charge on any atom is 0.410 e. The van der Waals surface area contributed by atoms with E-state index >= 15 is 0 Å². The van der Waals surface area contributed by atoms with Crippen LogP contribution in [0.1, 0.15) is 70.0 Å². The number of rotatable bonds is 8. The lowest BCUT2D eigenvalue weighted by Gasteiger charge is -2.38. The second kappa shape index (κ2) is 10.5. The average Bonchev–Trinajstić information content (AvgIpc) is 3.55. The Morgan fingerprint density at radius 1 is 1.21 bits per heavy atom. The Hall–Kier alpha value is -2.32. The molecule has 2 fully saturated rings. The lowest BCUT2D eigenvalue weighted by Crippen LogP contribution is -2.54. The summed E-state index contributed by atoms with van der Waals surface area (Å²) in [5.41, 5.74) is 1.83. The van der Waals surface area contributed by atoms with Gasteiger partial charge in [0.25, 0.3) is 5.91 Å². The maximum absolute atomic E-state index is 13.7. The number of unbranched alkanes of at least 4 members (excludes halogenated alkanes) is 1. The smallest absolute Gasteiger partial charge is 0.410 e. The number of hydrogen-bond acceptors (Lipinski definition) is 6. The monoisotopic (exact) mass is 474 g/mol. The summed E-state index contributed by atoms with van der Waals surface area (Å²) in [6, 6.07) is 6.39. The minimum atomic E-state index is -0.677. The molecule has 1 aromatic carbocycles. The van der Waals surface area contributed by atoms with Crippen LogP contribution in [0.4, 0.5) is 4.79 Å². The van der Waals surface area contributed by atoms with E-state index in [0.717, 1.165) is 49.8 Å². The van der Waals surface area contributed by atoms with Crippen LogP contribution < -0.4 is 4.74 Å². The number of carbonyl (C=O) groups is 2. The molecule has 8 nitrogen and oxygen atoms in total. The third kappa shape index (κ3) is 6.02. The quantitative estimate of drug-likeness (QED) is 0.581. The molecule has 1 saturated carbocycles. The molecule has 0 spiro atoms. The highest BCUT2D eigenvalue weighted by atomic mass is 16.6. The summed E-state index contributed by atoms with van der Waals surface area (Å²) < 4.78 is 17.3. The molecular formula is C26H38N2O6. The van der Waals surface area contributed by atoms with E-state index in [9.17, 15) is 9.59 Å². The van der Waals surface area contributed by atoms with E-state index in [1.54, 1.807) is 4.90 Å². The number of ether oxygens (including phenoxy) is 3. The summed E-state index contributed by atoms with van der Waals surface area (Å²) >= 11 is 0. The molecule has 1 saturated heterocycles. The van der Waals surface area contributed by atoms with E-state index in [0.29, 0.717) is 19.8 Å². The van der Waals surface area contributed by atoms with Crippen LogP contribution in [0.15, 0.2) is 18.2 Å². The summed E-state index contributed by atoms with van der Waals surface area (Å²) in [6.07, 6.45) is 4.25. The lowest BCUT2D eigenvalue weighted by molar-refractivity contribution is -0.152. The first-order chi connectivity index (χ1) is 16.3. The maximum atomic E-state index is 13.7. The second-order valence-corrected chi connectivity index (χ2v) is 10.5. The first-order valence-corrected chi connectivity index (χ1v) is 12.5. The van der Waals surface area contributed by atoms with Crippen LogP contribution in [0.3, 0.4) is 0 Å². The van der Waals surface area contributed by atoms with Gasteiger partial charge in [-0.1, -0.05) is 6.07 Å². The number of hydrogen-bond donors (Lipinski definition) is 1. The summed E-state index contributed by atoms with van der Waals surface area (Å²) in [5.74, 6) is 0.764. The molecule has 1 aliphatic heterocycles. The SMILES string of the molecule is CC(C)(C)OC(=O)N1CCO[C@@H](C(=O)N(C2CC2)[C@@H]2CCc3ccc(OCCCCO)cc32)C1.